The monoisotopic (exact) mass is 383 g/mol. The van der Waals surface area contributed by atoms with Crippen molar-refractivity contribution in [2.24, 2.45) is 0 Å². The van der Waals surface area contributed by atoms with Crippen molar-refractivity contribution in [3.05, 3.63) is 59.3 Å². The number of carbonyl (C=O) groups excluding carboxylic acids is 1. The van der Waals surface area contributed by atoms with Crippen molar-refractivity contribution >= 4 is 11.9 Å². The van der Waals surface area contributed by atoms with Crippen LogP contribution in [0.3, 0.4) is 0 Å². The van der Waals surface area contributed by atoms with E-state index in [2.05, 4.69) is 9.88 Å². The van der Waals surface area contributed by atoms with E-state index < -0.39 is 11.7 Å². The van der Waals surface area contributed by atoms with Crippen LogP contribution in [0.5, 0.6) is 0 Å². The van der Waals surface area contributed by atoms with Crippen molar-refractivity contribution < 1.29 is 14.6 Å². The zero-order valence-corrected chi connectivity index (χ0v) is 17.1. The first-order valence-corrected chi connectivity index (χ1v) is 9.67. The van der Waals surface area contributed by atoms with Gasteiger partial charge in [-0.25, -0.2) is 9.78 Å². The van der Waals surface area contributed by atoms with Gasteiger partial charge in [0.25, 0.3) is 0 Å². The lowest BCUT2D eigenvalue weighted by Gasteiger charge is -2.36. The number of nitrogens with zero attached hydrogens (tertiary/aromatic N) is 3. The summed E-state index contributed by atoms with van der Waals surface area (Å²) in [6.45, 7) is 10.2. The summed E-state index contributed by atoms with van der Waals surface area (Å²) in [7, 11) is 0. The molecule has 2 heterocycles. The van der Waals surface area contributed by atoms with Crippen LogP contribution in [0.25, 0.3) is 0 Å². The Balaban J connectivity index is 1.65. The third-order valence-corrected chi connectivity index (χ3v) is 4.73. The first kappa shape index (κ1) is 20.1. The minimum Gasteiger partial charge on any atom is -0.444 e. The number of benzene rings is 1. The van der Waals surface area contributed by atoms with E-state index >= 15 is 0 Å². The van der Waals surface area contributed by atoms with Gasteiger partial charge in [0.1, 0.15) is 17.5 Å². The summed E-state index contributed by atoms with van der Waals surface area (Å²) in [5, 5.41) is 10.6. The topological polar surface area (TPSA) is 65.9 Å². The number of aromatic nitrogens is 1. The molecule has 1 saturated heterocycles. The molecule has 0 radical (unpaired) electrons. The Hall–Kier alpha value is -2.60. The van der Waals surface area contributed by atoms with Gasteiger partial charge in [0.15, 0.2) is 0 Å². The lowest BCUT2D eigenvalue weighted by Crippen LogP contribution is -2.50. The molecule has 1 aromatic carbocycles. The molecule has 1 amide bonds. The normalized spacial score (nSPS) is 16.0. The van der Waals surface area contributed by atoms with E-state index in [1.807, 2.05) is 64.1 Å². The standard InChI is InChI=1S/C22H29N3O3/c1-16-14-18(19(26)17-8-6-5-7-9-17)15-23-20(16)24-10-12-25(13-11-24)21(27)28-22(2,3)4/h5-9,14-15,19,26H,10-13H2,1-4H3. The molecule has 0 saturated carbocycles. The van der Waals surface area contributed by atoms with Crippen molar-refractivity contribution in [1.29, 1.82) is 0 Å². The van der Waals surface area contributed by atoms with Gasteiger partial charge in [0.2, 0.25) is 0 Å². The Morgan fingerprint density at radius 2 is 1.75 bits per heavy atom. The van der Waals surface area contributed by atoms with Gasteiger partial charge < -0.3 is 19.6 Å². The second kappa shape index (κ2) is 8.19. The molecule has 3 rings (SSSR count). The van der Waals surface area contributed by atoms with Gasteiger partial charge in [0, 0.05) is 37.9 Å². The van der Waals surface area contributed by atoms with Crippen molar-refractivity contribution in [3.63, 3.8) is 0 Å². The molecular formula is C22H29N3O3. The largest absolute Gasteiger partial charge is 0.444 e. The number of pyridine rings is 1. The van der Waals surface area contributed by atoms with E-state index in [0.29, 0.717) is 26.2 Å². The van der Waals surface area contributed by atoms with E-state index in [1.165, 1.54) is 0 Å². The Morgan fingerprint density at radius 1 is 1.11 bits per heavy atom. The first-order chi connectivity index (χ1) is 13.2. The number of piperazine rings is 1. The molecule has 6 heteroatoms. The highest BCUT2D eigenvalue weighted by atomic mass is 16.6. The third kappa shape index (κ3) is 4.81. The number of aryl methyl sites for hydroxylation is 1. The number of aliphatic hydroxyl groups is 1. The lowest BCUT2D eigenvalue weighted by molar-refractivity contribution is 0.0240. The van der Waals surface area contributed by atoms with Gasteiger partial charge in [0.05, 0.1) is 0 Å². The molecular weight excluding hydrogens is 354 g/mol. The van der Waals surface area contributed by atoms with Crippen LogP contribution in [0.4, 0.5) is 10.6 Å². The summed E-state index contributed by atoms with van der Waals surface area (Å²) < 4.78 is 5.45. The summed E-state index contributed by atoms with van der Waals surface area (Å²) >= 11 is 0. The number of aliphatic hydroxyl groups excluding tert-OH is 1. The maximum absolute atomic E-state index is 12.2. The molecule has 1 aliphatic heterocycles. The quantitative estimate of drug-likeness (QED) is 0.878. The molecule has 28 heavy (non-hydrogen) atoms. The van der Waals surface area contributed by atoms with Gasteiger partial charge in [-0.2, -0.15) is 0 Å². The van der Waals surface area contributed by atoms with Crippen LogP contribution in [-0.4, -0.2) is 52.9 Å². The molecule has 1 atom stereocenters. The molecule has 1 aromatic heterocycles. The van der Waals surface area contributed by atoms with E-state index in [9.17, 15) is 9.90 Å². The minimum absolute atomic E-state index is 0.266. The van der Waals surface area contributed by atoms with E-state index in [0.717, 1.165) is 22.5 Å². The average molecular weight is 383 g/mol. The van der Waals surface area contributed by atoms with E-state index in [1.54, 1.807) is 11.1 Å². The van der Waals surface area contributed by atoms with Crippen LogP contribution in [0.2, 0.25) is 0 Å². The first-order valence-electron chi connectivity index (χ1n) is 9.67. The van der Waals surface area contributed by atoms with Crippen LogP contribution in [0.1, 0.15) is 43.6 Å². The van der Waals surface area contributed by atoms with Crippen LogP contribution in [0, 0.1) is 6.92 Å². The maximum atomic E-state index is 12.2. The Kier molecular flexibility index (Phi) is 5.89. The SMILES string of the molecule is Cc1cc(C(O)c2ccccc2)cnc1N1CCN(C(=O)OC(C)(C)C)CC1. The van der Waals surface area contributed by atoms with Crippen molar-refractivity contribution in [1.82, 2.24) is 9.88 Å². The fourth-order valence-electron chi connectivity index (χ4n) is 3.32. The van der Waals surface area contributed by atoms with E-state index in [-0.39, 0.29) is 6.09 Å². The summed E-state index contributed by atoms with van der Waals surface area (Å²) in [6.07, 6.45) is 0.781. The molecule has 0 aliphatic carbocycles. The molecule has 150 valence electrons. The highest BCUT2D eigenvalue weighted by molar-refractivity contribution is 5.68. The molecule has 1 fully saturated rings. The average Bonchev–Trinajstić information content (AvgIpc) is 2.67. The predicted octanol–water partition coefficient (Wildman–Crippen LogP) is 3.53. The zero-order chi connectivity index (χ0) is 20.3. The summed E-state index contributed by atoms with van der Waals surface area (Å²) in [5.74, 6) is 0.896. The Labute approximate surface area is 166 Å². The molecule has 6 nitrogen and oxygen atoms in total. The molecule has 0 bridgehead atoms. The molecule has 1 N–H and O–H groups in total. The number of ether oxygens (including phenoxy) is 1. The van der Waals surface area contributed by atoms with Gasteiger partial charge in [-0.3, -0.25) is 0 Å². The maximum Gasteiger partial charge on any atom is 0.410 e. The van der Waals surface area contributed by atoms with Crippen LogP contribution >= 0.6 is 0 Å². The van der Waals surface area contributed by atoms with Gasteiger partial charge in [-0.05, 0) is 44.9 Å². The van der Waals surface area contributed by atoms with Gasteiger partial charge in [-0.1, -0.05) is 30.3 Å². The van der Waals surface area contributed by atoms with Crippen molar-refractivity contribution in [3.8, 4) is 0 Å². The molecule has 2 aromatic rings. The Morgan fingerprint density at radius 3 is 2.32 bits per heavy atom. The fraction of sp³-hybridized carbons (Fsp3) is 0.455. The predicted molar refractivity (Wildman–Crippen MR) is 109 cm³/mol. The molecule has 0 spiro atoms. The van der Waals surface area contributed by atoms with Crippen LogP contribution in [-0.2, 0) is 4.74 Å². The number of carbonyl (C=O) groups is 1. The third-order valence-electron chi connectivity index (χ3n) is 4.73. The number of hydrogen-bond acceptors (Lipinski definition) is 5. The lowest BCUT2D eigenvalue weighted by atomic mass is 10.0. The minimum atomic E-state index is -0.689. The number of rotatable bonds is 3. The molecule has 1 unspecified atom stereocenters. The Bertz CT molecular complexity index is 810. The number of hydrogen-bond donors (Lipinski definition) is 1. The second-order valence-corrected chi connectivity index (χ2v) is 8.18. The van der Waals surface area contributed by atoms with Crippen molar-refractivity contribution in [2.75, 3.05) is 31.1 Å². The highest BCUT2D eigenvalue weighted by Crippen LogP contribution is 2.26. The molecule has 1 aliphatic rings. The fourth-order valence-corrected chi connectivity index (χ4v) is 3.32. The second-order valence-electron chi connectivity index (χ2n) is 8.18. The van der Waals surface area contributed by atoms with Crippen LogP contribution < -0.4 is 4.90 Å². The van der Waals surface area contributed by atoms with Crippen LogP contribution in [0.15, 0.2) is 42.6 Å². The van der Waals surface area contributed by atoms with Gasteiger partial charge >= 0.3 is 6.09 Å². The van der Waals surface area contributed by atoms with Gasteiger partial charge in [-0.15, -0.1) is 0 Å². The summed E-state index contributed by atoms with van der Waals surface area (Å²) in [5.41, 5.74) is 2.15. The summed E-state index contributed by atoms with van der Waals surface area (Å²) in [4.78, 5) is 20.7. The summed E-state index contributed by atoms with van der Waals surface area (Å²) in [6, 6.07) is 11.6. The van der Waals surface area contributed by atoms with Crippen molar-refractivity contribution in [2.45, 2.75) is 39.4 Å². The zero-order valence-electron chi connectivity index (χ0n) is 17.1. The van der Waals surface area contributed by atoms with E-state index in [4.69, 9.17) is 4.74 Å². The number of amides is 1. The number of anilines is 1. The highest BCUT2D eigenvalue weighted by Gasteiger charge is 2.27. The smallest absolute Gasteiger partial charge is 0.410 e.